The van der Waals surface area contributed by atoms with Gasteiger partial charge in [-0.2, -0.15) is 0 Å². The molecule has 0 aliphatic carbocycles. The SMILES string of the molecule is Nc1ccc(/C=C/c2ccc(-c3nc4ccc(I)cc4o3)cc2)cc1. The number of rotatable bonds is 3. The first-order valence-electron chi connectivity index (χ1n) is 7.87. The highest BCUT2D eigenvalue weighted by atomic mass is 127. The van der Waals surface area contributed by atoms with Crippen molar-refractivity contribution < 1.29 is 4.42 Å². The van der Waals surface area contributed by atoms with Crippen molar-refractivity contribution >= 4 is 51.5 Å². The maximum Gasteiger partial charge on any atom is 0.227 e. The fourth-order valence-electron chi connectivity index (χ4n) is 2.56. The van der Waals surface area contributed by atoms with Crippen molar-refractivity contribution in [2.24, 2.45) is 0 Å². The number of nitrogen functional groups attached to an aromatic ring is 1. The topological polar surface area (TPSA) is 52.0 Å². The average molecular weight is 438 g/mol. The molecule has 1 aromatic heterocycles. The molecule has 25 heavy (non-hydrogen) atoms. The van der Waals surface area contributed by atoms with E-state index in [4.69, 9.17) is 10.2 Å². The molecule has 0 saturated heterocycles. The zero-order valence-corrected chi connectivity index (χ0v) is 15.5. The summed E-state index contributed by atoms with van der Waals surface area (Å²) in [5, 5.41) is 0. The highest BCUT2D eigenvalue weighted by molar-refractivity contribution is 14.1. The Labute approximate surface area is 159 Å². The molecule has 0 bridgehead atoms. The van der Waals surface area contributed by atoms with E-state index in [0.717, 1.165) is 37.0 Å². The molecular formula is C21H15IN2O. The van der Waals surface area contributed by atoms with Gasteiger partial charge in [-0.05, 0) is 76.2 Å². The molecule has 2 N–H and O–H groups in total. The third-order valence-electron chi connectivity index (χ3n) is 3.91. The van der Waals surface area contributed by atoms with Crippen LogP contribution in [0.25, 0.3) is 34.7 Å². The molecule has 0 saturated carbocycles. The van der Waals surface area contributed by atoms with Crippen LogP contribution in [0.15, 0.2) is 71.1 Å². The van der Waals surface area contributed by atoms with E-state index in [9.17, 15) is 0 Å². The van der Waals surface area contributed by atoms with E-state index in [1.54, 1.807) is 0 Å². The minimum absolute atomic E-state index is 0.645. The van der Waals surface area contributed by atoms with Crippen LogP contribution in [0.4, 0.5) is 5.69 Å². The molecule has 0 atom stereocenters. The number of oxazole rings is 1. The Morgan fingerprint density at radius 3 is 2.16 bits per heavy atom. The van der Waals surface area contributed by atoms with Crippen LogP contribution in [0.3, 0.4) is 0 Å². The molecule has 1 heterocycles. The van der Waals surface area contributed by atoms with Gasteiger partial charge >= 0.3 is 0 Å². The molecule has 0 aliphatic heterocycles. The molecule has 0 unspecified atom stereocenters. The first-order chi connectivity index (χ1) is 12.2. The fourth-order valence-corrected chi connectivity index (χ4v) is 3.02. The molecule has 4 aromatic rings. The minimum Gasteiger partial charge on any atom is -0.436 e. The Balaban J connectivity index is 1.57. The van der Waals surface area contributed by atoms with Gasteiger partial charge in [0.1, 0.15) is 5.52 Å². The predicted octanol–water partition coefficient (Wildman–Crippen LogP) is 5.85. The number of nitrogens with two attached hydrogens (primary N) is 1. The van der Waals surface area contributed by atoms with Crippen molar-refractivity contribution in [1.82, 2.24) is 4.98 Å². The highest BCUT2D eigenvalue weighted by Gasteiger charge is 2.08. The van der Waals surface area contributed by atoms with Crippen molar-refractivity contribution in [1.29, 1.82) is 0 Å². The van der Waals surface area contributed by atoms with E-state index in [-0.39, 0.29) is 0 Å². The number of anilines is 1. The zero-order valence-electron chi connectivity index (χ0n) is 13.3. The quantitative estimate of drug-likeness (QED) is 0.248. The van der Waals surface area contributed by atoms with Crippen LogP contribution < -0.4 is 5.73 Å². The van der Waals surface area contributed by atoms with Crippen molar-refractivity contribution in [3.05, 3.63) is 81.4 Å². The van der Waals surface area contributed by atoms with Crippen LogP contribution in [0.5, 0.6) is 0 Å². The largest absolute Gasteiger partial charge is 0.436 e. The first kappa shape index (κ1) is 15.9. The third-order valence-corrected chi connectivity index (χ3v) is 4.58. The summed E-state index contributed by atoms with van der Waals surface area (Å²) in [4.78, 5) is 4.56. The molecule has 0 amide bonds. The Hall–Kier alpha value is -2.60. The van der Waals surface area contributed by atoms with Crippen molar-refractivity contribution in [2.45, 2.75) is 0 Å². The minimum atomic E-state index is 0.645. The lowest BCUT2D eigenvalue weighted by Crippen LogP contribution is -1.82. The second kappa shape index (κ2) is 6.72. The third kappa shape index (κ3) is 3.58. The fraction of sp³-hybridized carbons (Fsp3) is 0. The number of halogens is 1. The molecule has 0 aliphatic rings. The second-order valence-electron chi connectivity index (χ2n) is 5.75. The normalized spacial score (nSPS) is 11.4. The van der Waals surface area contributed by atoms with Crippen LogP contribution in [-0.4, -0.2) is 4.98 Å². The first-order valence-corrected chi connectivity index (χ1v) is 8.95. The van der Waals surface area contributed by atoms with E-state index >= 15 is 0 Å². The van der Waals surface area contributed by atoms with Gasteiger partial charge in [0.25, 0.3) is 0 Å². The van der Waals surface area contributed by atoms with Gasteiger partial charge in [-0.3, -0.25) is 0 Å². The molecule has 3 nitrogen and oxygen atoms in total. The standard InChI is InChI=1S/C21H15IN2O/c22-17-9-12-19-20(13-17)25-21(24-19)16-7-3-14(4-8-16)1-2-15-5-10-18(23)11-6-15/h1-13H,23H2/b2-1+. The summed E-state index contributed by atoms with van der Waals surface area (Å²) < 4.78 is 7.00. The van der Waals surface area contributed by atoms with Crippen LogP contribution in [0.2, 0.25) is 0 Å². The number of aromatic nitrogens is 1. The Bertz CT molecular complexity index is 1050. The van der Waals surface area contributed by atoms with Gasteiger partial charge < -0.3 is 10.2 Å². The Kier molecular flexibility index (Phi) is 4.28. The molecule has 0 spiro atoms. The Morgan fingerprint density at radius 2 is 1.48 bits per heavy atom. The molecule has 0 radical (unpaired) electrons. The van der Waals surface area contributed by atoms with E-state index in [2.05, 4.69) is 51.9 Å². The highest BCUT2D eigenvalue weighted by Crippen LogP contribution is 2.26. The molecule has 4 rings (SSSR count). The summed E-state index contributed by atoms with van der Waals surface area (Å²) in [6.45, 7) is 0. The van der Waals surface area contributed by atoms with Gasteiger partial charge in [-0.25, -0.2) is 4.98 Å². The second-order valence-corrected chi connectivity index (χ2v) is 7.00. The van der Waals surface area contributed by atoms with Gasteiger partial charge in [0.05, 0.1) is 0 Å². The van der Waals surface area contributed by atoms with Gasteiger partial charge in [0, 0.05) is 14.8 Å². The number of hydrogen-bond acceptors (Lipinski definition) is 3. The summed E-state index contributed by atoms with van der Waals surface area (Å²) in [5.41, 5.74) is 11.4. The smallest absolute Gasteiger partial charge is 0.227 e. The maximum absolute atomic E-state index is 5.87. The van der Waals surface area contributed by atoms with Gasteiger partial charge in [0.15, 0.2) is 5.58 Å². The van der Waals surface area contributed by atoms with Crippen LogP contribution in [-0.2, 0) is 0 Å². The van der Waals surface area contributed by atoms with Gasteiger partial charge in [-0.1, -0.05) is 36.4 Å². The summed E-state index contributed by atoms with van der Waals surface area (Å²) >= 11 is 2.27. The summed E-state index contributed by atoms with van der Waals surface area (Å²) in [6, 6.07) is 22.0. The van der Waals surface area contributed by atoms with E-state index in [0.29, 0.717) is 5.89 Å². The number of benzene rings is 3. The van der Waals surface area contributed by atoms with Crippen molar-refractivity contribution in [3.8, 4) is 11.5 Å². The summed E-state index contributed by atoms with van der Waals surface area (Å²) in [6.07, 6.45) is 4.14. The van der Waals surface area contributed by atoms with Crippen LogP contribution in [0.1, 0.15) is 11.1 Å². The lowest BCUT2D eigenvalue weighted by Gasteiger charge is -1.98. The van der Waals surface area contributed by atoms with Crippen LogP contribution in [0, 0.1) is 3.57 Å². The van der Waals surface area contributed by atoms with Crippen LogP contribution >= 0.6 is 22.6 Å². The van der Waals surface area contributed by atoms with Gasteiger partial charge in [0.2, 0.25) is 5.89 Å². The lowest BCUT2D eigenvalue weighted by molar-refractivity contribution is 0.619. The molecule has 0 fully saturated rings. The number of nitrogens with zero attached hydrogens (tertiary/aromatic N) is 1. The average Bonchev–Trinajstić information content (AvgIpc) is 3.05. The zero-order chi connectivity index (χ0) is 17.2. The summed E-state index contributed by atoms with van der Waals surface area (Å²) in [5.74, 6) is 0.645. The lowest BCUT2D eigenvalue weighted by atomic mass is 10.1. The van der Waals surface area contributed by atoms with Gasteiger partial charge in [-0.15, -0.1) is 0 Å². The molecule has 4 heteroatoms. The molecule has 122 valence electrons. The Morgan fingerprint density at radius 1 is 0.840 bits per heavy atom. The van der Waals surface area contributed by atoms with Crippen molar-refractivity contribution in [3.63, 3.8) is 0 Å². The van der Waals surface area contributed by atoms with E-state index in [1.807, 2.05) is 54.6 Å². The van der Waals surface area contributed by atoms with Crippen molar-refractivity contribution in [2.75, 3.05) is 5.73 Å². The number of fused-ring (bicyclic) bond motifs is 1. The molecular weight excluding hydrogens is 423 g/mol. The monoisotopic (exact) mass is 438 g/mol. The van der Waals surface area contributed by atoms with E-state index < -0.39 is 0 Å². The number of hydrogen-bond donors (Lipinski definition) is 1. The predicted molar refractivity (Wildman–Crippen MR) is 112 cm³/mol. The maximum atomic E-state index is 5.87. The molecule has 3 aromatic carbocycles. The summed E-state index contributed by atoms with van der Waals surface area (Å²) in [7, 11) is 0. The van der Waals surface area contributed by atoms with E-state index in [1.165, 1.54) is 0 Å².